The molecule has 0 radical (unpaired) electrons. The van der Waals surface area contributed by atoms with Gasteiger partial charge in [0.15, 0.2) is 0 Å². The predicted octanol–water partition coefficient (Wildman–Crippen LogP) is 7.76. The van der Waals surface area contributed by atoms with E-state index >= 15 is 0 Å². The fraction of sp³-hybridized carbons (Fsp3) is 0.889. The van der Waals surface area contributed by atoms with E-state index in [0.717, 1.165) is 57.8 Å². The quantitative estimate of drug-likeness (QED) is 0.0424. The van der Waals surface area contributed by atoms with Crippen LogP contribution in [0.25, 0.3) is 0 Å². The maximum absolute atomic E-state index is 12.5. The van der Waals surface area contributed by atoms with Gasteiger partial charge in [-0.3, -0.25) is 14.4 Å². The monoisotopic (exact) mass is 641 g/mol. The molecule has 0 aliphatic heterocycles. The number of amides is 2. The molecule has 2 unspecified atom stereocenters. The molecule has 2 atom stereocenters. The Hall–Kier alpha value is -2.16. The molecule has 45 heavy (non-hydrogen) atoms. The smallest absolute Gasteiger partial charge is 0.328 e. The lowest BCUT2D eigenvalue weighted by Crippen LogP contribution is -2.47. The van der Waals surface area contributed by atoms with Gasteiger partial charge < -0.3 is 25.6 Å². The number of hydrogen-bond donors (Lipinski definition) is 4. The molecule has 0 fully saturated rings. The number of hydrogen-bond acceptors (Lipinski definition) is 6. The van der Waals surface area contributed by atoms with Crippen molar-refractivity contribution in [1.82, 2.24) is 10.6 Å². The van der Waals surface area contributed by atoms with Crippen molar-refractivity contribution in [3.05, 3.63) is 0 Å². The van der Waals surface area contributed by atoms with Gasteiger partial charge in [-0.05, 0) is 38.5 Å². The van der Waals surface area contributed by atoms with E-state index in [1.54, 1.807) is 0 Å². The van der Waals surface area contributed by atoms with Crippen LogP contribution in [0.2, 0.25) is 0 Å². The zero-order chi connectivity index (χ0) is 33.4. The van der Waals surface area contributed by atoms with Crippen LogP contribution in [-0.2, 0) is 23.9 Å². The van der Waals surface area contributed by atoms with Gasteiger partial charge in [0, 0.05) is 12.8 Å². The molecule has 264 valence electrons. The Morgan fingerprint density at radius 2 is 1.00 bits per heavy atom. The summed E-state index contributed by atoms with van der Waals surface area (Å²) < 4.78 is 5.85. The molecule has 0 bridgehead atoms. The maximum atomic E-state index is 12.5. The Kier molecular flexibility index (Phi) is 30.3. The van der Waals surface area contributed by atoms with Crippen molar-refractivity contribution < 1.29 is 34.1 Å². The Bertz CT molecular complexity index is 747. The first kappa shape index (κ1) is 42.8. The van der Waals surface area contributed by atoms with E-state index in [1.165, 1.54) is 89.9 Å². The van der Waals surface area contributed by atoms with Gasteiger partial charge in [0.1, 0.15) is 12.1 Å². The van der Waals surface area contributed by atoms with Crippen LogP contribution in [-0.4, -0.2) is 59.3 Å². The molecular weight excluding hydrogens is 572 g/mol. The highest BCUT2D eigenvalue weighted by Crippen LogP contribution is 2.18. The number of nitrogens with one attached hydrogen (secondary N) is 2. The van der Waals surface area contributed by atoms with Crippen molar-refractivity contribution >= 4 is 23.8 Å². The topological polar surface area (TPSA) is 142 Å². The van der Waals surface area contributed by atoms with Crippen LogP contribution in [0.3, 0.4) is 0 Å². The number of aliphatic hydroxyl groups is 1. The summed E-state index contributed by atoms with van der Waals surface area (Å²) in [4.78, 5) is 47.1. The second-order valence-electron chi connectivity index (χ2n) is 12.7. The molecule has 0 aliphatic rings. The molecule has 9 nitrogen and oxygen atoms in total. The number of carboxylic acid groups (broad SMARTS) is 1. The first-order chi connectivity index (χ1) is 21.8. The molecule has 0 rings (SSSR count). The number of carbonyl (C=O) groups is 4. The summed E-state index contributed by atoms with van der Waals surface area (Å²) in [5, 5.41) is 22.4. The summed E-state index contributed by atoms with van der Waals surface area (Å²) in [6, 6.07) is -1.39. The molecule has 0 heterocycles. The molecule has 0 saturated heterocycles. The molecular formula is C36H68N2O7. The largest absolute Gasteiger partial charge is 0.480 e. The number of esters is 1. The van der Waals surface area contributed by atoms with Gasteiger partial charge in [0.25, 0.3) is 0 Å². The van der Waals surface area contributed by atoms with Crippen LogP contribution in [0, 0.1) is 0 Å². The summed E-state index contributed by atoms with van der Waals surface area (Å²) in [6.45, 7) is 3.37. The van der Waals surface area contributed by atoms with Crippen LogP contribution < -0.4 is 10.6 Å². The minimum absolute atomic E-state index is 0.0728. The lowest BCUT2D eigenvalue weighted by molar-refractivity contribution is -0.150. The molecule has 0 aromatic rings. The molecule has 0 aromatic carbocycles. The number of aliphatic carboxylic acids is 1. The van der Waals surface area contributed by atoms with Gasteiger partial charge in [-0.2, -0.15) is 0 Å². The highest BCUT2D eigenvalue weighted by Gasteiger charge is 2.19. The first-order valence-electron chi connectivity index (χ1n) is 18.4. The minimum atomic E-state index is -1.39. The summed E-state index contributed by atoms with van der Waals surface area (Å²) in [5.74, 6) is -2.38. The highest BCUT2D eigenvalue weighted by atomic mass is 16.5. The van der Waals surface area contributed by atoms with Crippen LogP contribution in [0.15, 0.2) is 0 Å². The molecule has 2 amide bonds. The number of aliphatic hydroxyl groups excluding tert-OH is 1. The third-order valence-corrected chi connectivity index (χ3v) is 8.35. The van der Waals surface area contributed by atoms with Crippen LogP contribution in [0.1, 0.15) is 181 Å². The van der Waals surface area contributed by atoms with E-state index in [1.807, 2.05) is 0 Å². The van der Waals surface area contributed by atoms with E-state index in [0.29, 0.717) is 12.8 Å². The average Bonchev–Trinajstić information content (AvgIpc) is 3.02. The molecule has 0 spiro atoms. The second kappa shape index (κ2) is 31.8. The molecule has 0 aromatic heterocycles. The van der Waals surface area contributed by atoms with Crippen molar-refractivity contribution in [1.29, 1.82) is 0 Å². The minimum Gasteiger partial charge on any atom is -0.480 e. The number of ether oxygens (including phenoxy) is 1. The molecule has 0 saturated carbocycles. The predicted molar refractivity (Wildman–Crippen MR) is 181 cm³/mol. The zero-order valence-corrected chi connectivity index (χ0v) is 28.9. The van der Waals surface area contributed by atoms with E-state index < -0.39 is 24.5 Å². The van der Waals surface area contributed by atoms with Crippen molar-refractivity contribution in [2.45, 2.75) is 193 Å². The maximum Gasteiger partial charge on any atom is 0.328 e. The summed E-state index contributed by atoms with van der Waals surface area (Å²) >= 11 is 0. The SMILES string of the molecule is CCCCCCCCCCCCCCCCCCC(=O)OC(CCCCC)CCCCCC(=O)NCC(=O)NC(CO)C(=O)O. The van der Waals surface area contributed by atoms with E-state index in [9.17, 15) is 19.2 Å². The Balaban J connectivity index is 3.92. The van der Waals surface area contributed by atoms with Crippen LogP contribution >= 0.6 is 0 Å². The number of carbonyl (C=O) groups excluding carboxylic acids is 3. The average molecular weight is 641 g/mol. The van der Waals surface area contributed by atoms with Crippen molar-refractivity contribution in [3.8, 4) is 0 Å². The van der Waals surface area contributed by atoms with Gasteiger partial charge >= 0.3 is 11.9 Å². The number of unbranched alkanes of at least 4 members (excludes halogenated alkanes) is 19. The normalized spacial score (nSPS) is 12.4. The second-order valence-corrected chi connectivity index (χ2v) is 12.7. The number of carboxylic acids is 1. The van der Waals surface area contributed by atoms with Crippen molar-refractivity contribution in [2.75, 3.05) is 13.2 Å². The fourth-order valence-corrected chi connectivity index (χ4v) is 5.48. The Morgan fingerprint density at radius 3 is 1.49 bits per heavy atom. The standard InChI is InChI=1S/C36H68N2O7/c1-3-5-7-8-9-10-11-12-13-14-15-16-17-18-19-24-28-35(42)45-31(25-21-6-4-2)26-22-20-23-27-33(40)37-29-34(41)38-32(30-39)36(43)44/h31-32,39H,3-30H2,1-2H3,(H,37,40)(H,38,41)(H,43,44). The lowest BCUT2D eigenvalue weighted by Gasteiger charge is -2.18. The Morgan fingerprint density at radius 1 is 0.578 bits per heavy atom. The van der Waals surface area contributed by atoms with Crippen molar-refractivity contribution in [3.63, 3.8) is 0 Å². The first-order valence-corrected chi connectivity index (χ1v) is 18.4. The molecule has 4 N–H and O–H groups in total. The molecule has 0 aliphatic carbocycles. The van der Waals surface area contributed by atoms with E-state index in [4.69, 9.17) is 14.9 Å². The highest BCUT2D eigenvalue weighted by molar-refractivity contribution is 5.87. The lowest BCUT2D eigenvalue weighted by atomic mass is 10.0. The fourth-order valence-electron chi connectivity index (χ4n) is 5.48. The van der Waals surface area contributed by atoms with Gasteiger partial charge in [-0.15, -0.1) is 0 Å². The van der Waals surface area contributed by atoms with E-state index in [-0.39, 0.29) is 30.9 Å². The van der Waals surface area contributed by atoms with Gasteiger partial charge in [0.2, 0.25) is 11.8 Å². The third kappa shape index (κ3) is 29.0. The zero-order valence-electron chi connectivity index (χ0n) is 28.9. The van der Waals surface area contributed by atoms with E-state index in [2.05, 4.69) is 24.5 Å². The van der Waals surface area contributed by atoms with Gasteiger partial charge in [-0.1, -0.05) is 129 Å². The van der Waals surface area contributed by atoms with Gasteiger partial charge in [0.05, 0.1) is 13.2 Å². The molecule has 9 heteroatoms. The Labute approximate surface area is 274 Å². The summed E-state index contributed by atoms with van der Waals surface area (Å²) in [5.41, 5.74) is 0. The summed E-state index contributed by atoms with van der Waals surface area (Å²) in [7, 11) is 0. The van der Waals surface area contributed by atoms with Gasteiger partial charge in [-0.25, -0.2) is 4.79 Å². The summed E-state index contributed by atoms with van der Waals surface area (Å²) in [6.07, 6.45) is 28.8. The van der Waals surface area contributed by atoms with Crippen molar-refractivity contribution in [2.24, 2.45) is 0 Å². The number of rotatable bonds is 33. The third-order valence-electron chi connectivity index (χ3n) is 8.35. The van der Waals surface area contributed by atoms with Crippen LogP contribution in [0.5, 0.6) is 0 Å². The van der Waals surface area contributed by atoms with Crippen LogP contribution in [0.4, 0.5) is 0 Å².